The van der Waals surface area contributed by atoms with Gasteiger partial charge in [-0.25, -0.2) is 0 Å². The third-order valence-electron chi connectivity index (χ3n) is 4.37. The van der Waals surface area contributed by atoms with Crippen LogP contribution >= 0.6 is 0 Å². The third-order valence-corrected chi connectivity index (χ3v) is 4.37. The predicted octanol–water partition coefficient (Wildman–Crippen LogP) is 1.99. The van der Waals surface area contributed by atoms with Crippen LogP contribution in [0.3, 0.4) is 0 Å². The minimum Gasteiger partial charge on any atom is -0.385 e. The number of hydrogen-bond acceptors (Lipinski definition) is 3. The molecule has 1 fully saturated rings. The number of nitrogens with one attached hydrogen (secondary N) is 1. The second-order valence-corrected chi connectivity index (χ2v) is 5.74. The molecular weight excluding hydrogens is 262 g/mol. The van der Waals surface area contributed by atoms with Gasteiger partial charge in [0.15, 0.2) is 0 Å². The molecule has 0 atom stereocenters. The molecule has 1 saturated heterocycles. The van der Waals surface area contributed by atoms with Crippen molar-refractivity contribution in [2.75, 3.05) is 44.6 Å². The van der Waals surface area contributed by atoms with E-state index in [0.29, 0.717) is 0 Å². The summed E-state index contributed by atoms with van der Waals surface area (Å²) in [6.45, 7) is 9.18. The highest BCUT2D eigenvalue weighted by Crippen LogP contribution is 2.26. The maximum absolute atomic E-state index is 12.8. The van der Waals surface area contributed by atoms with Gasteiger partial charge in [0.05, 0.1) is 0 Å². The van der Waals surface area contributed by atoms with Gasteiger partial charge in [0.1, 0.15) is 0 Å². The molecule has 0 radical (unpaired) electrons. The number of hydrogen-bond donors (Lipinski definition) is 1. The molecule has 0 bridgehead atoms. The van der Waals surface area contributed by atoms with E-state index in [-0.39, 0.29) is 5.91 Å². The molecule has 0 aliphatic carbocycles. The molecular formula is C17H23N3O. The molecule has 4 nitrogen and oxygen atoms in total. The van der Waals surface area contributed by atoms with Gasteiger partial charge in [-0.3, -0.25) is 9.69 Å². The van der Waals surface area contributed by atoms with Crippen molar-refractivity contribution in [3.05, 3.63) is 42.0 Å². The van der Waals surface area contributed by atoms with Crippen LogP contribution in [0.15, 0.2) is 30.9 Å². The van der Waals surface area contributed by atoms with Crippen LogP contribution in [-0.4, -0.2) is 55.0 Å². The summed E-state index contributed by atoms with van der Waals surface area (Å²) in [6.07, 6.45) is 4.03. The van der Waals surface area contributed by atoms with Crippen molar-refractivity contribution in [1.82, 2.24) is 9.80 Å². The van der Waals surface area contributed by atoms with E-state index in [9.17, 15) is 4.79 Å². The Balaban J connectivity index is 1.73. The highest BCUT2D eigenvalue weighted by molar-refractivity contribution is 5.97. The number of fused-ring (bicyclic) bond motifs is 1. The summed E-state index contributed by atoms with van der Waals surface area (Å²) in [5, 5.41) is 3.39. The third kappa shape index (κ3) is 2.95. The average Bonchev–Trinajstić information content (AvgIpc) is 2.55. The van der Waals surface area contributed by atoms with E-state index in [4.69, 9.17) is 0 Å². The van der Waals surface area contributed by atoms with Crippen LogP contribution in [0.4, 0.5) is 5.69 Å². The summed E-state index contributed by atoms with van der Waals surface area (Å²) in [5.74, 6) is 0.189. The number of piperazine rings is 1. The Morgan fingerprint density at radius 2 is 2.10 bits per heavy atom. The standard InChI is InChI=1S/C17H23N3O/c1-2-9-19-10-12-20(13-11-19)17(21)15-5-3-7-16-14(15)6-4-8-18-16/h2-3,5,7,18H,1,4,6,8-13H2. The largest absolute Gasteiger partial charge is 0.385 e. The minimum atomic E-state index is 0.189. The molecule has 3 rings (SSSR count). The molecule has 112 valence electrons. The number of carbonyl (C=O) groups is 1. The monoisotopic (exact) mass is 285 g/mol. The van der Waals surface area contributed by atoms with Crippen molar-refractivity contribution < 1.29 is 4.79 Å². The average molecular weight is 285 g/mol. The van der Waals surface area contributed by atoms with Gasteiger partial charge in [-0.05, 0) is 30.5 Å². The molecule has 0 saturated carbocycles. The normalized spacial score (nSPS) is 18.8. The first kappa shape index (κ1) is 14.1. The van der Waals surface area contributed by atoms with E-state index in [1.54, 1.807) is 0 Å². The Labute approximate surface area is 126 Å². The lowest BCUT2D eigenvalue weighted by atomic mass is 9.96. The lowest BCUT2D eigenvalue weighted by Crippen LogP contribution is -2.48. The van der Waals surface area contributed by atoms with Crippen LogP contribution in [0, 0.1) is 0 Å². The zero-order chi connectivity index (χ0) is 14.7. The maximum atomic E-state index is 12.8. The maximum Gasteiger partial charge on any atom is 0.254 e. The molecule has 2 heterocycles. The number of nitrogens with zero attached hydrogens (tertiary/aromatic N) is 2. The van der Waals surface area contributed by atoms with Crippen LogP contribution in [0.5, 0.6) is 0 Å². The van der Waals surface area contributed by atoms with E-state index >= 15 is 0 Å². The van der Waals surface area contributed by atoms with Crippen molar-refractivity contribution >= 4 is 11.6 Å². The number of benzene rings is 1. The molecule has 4 heteroatoms. The molecule has 0 unspecified atom stereocenters. The molecule has 1 aromatic rings. The molecule has 1 amide bonds. The molecule has 21 heavy (non-hydrogen) atoms. The van der Waals surface area contributed by atoms with Crippen LogP contribution in [0.2, 0.25) is 0 Å². The molecule has 2 aliphatic rings. The first-order chi connectivity index (χ1) is 10.3. The Bertz CT molecular complexity index is 533. The van der Waals surface area contributed by atoms with E-state index in [0.717, 1.165) is 63.4 Å². The Kier molecular flexibility index (Phi) is 4.25. The molecule has 2 aliphatic heterocycles. The second-order valence-electron chi connectivity index (χ2n) is 5.74. The fraction of sp³-hybridized carbons (Fsp3) is 0.471. The van der Waals surface area contributed by atoms with Gasteiger partial charge in [0.25, 0.3) is 5.91 Å². The Morgan fingerprint density at radius 1 is 1.29 bits per heavy atom. The van der Waals surface area contributed by atoms with Gasteiger partial charge < -0.3 is 10.2 Å². The van der Waals surface area contributed by atoms with Gasteiger partial charge in [0.2, 0.25) is 0 Å². The SMILES string of the molecule is C=CCN1CCN(C(=O)c2cccc3c2CCCN3)CC1. The van der Waals surface area contributed by atoms with Crippen LogP contribution in [-0.2, 0) is 6.42 Å². The van der Waals surface area contributed by atoms with Gasteiger partial charge in [-0.1, -0.05) is 12.1 Å². The lowest BCUT2D eigenvalue weighted by molar-refractivity contribution is 0.0649. The van der Waals surface area contributed by atoms with E-state index in [1.165, 1.54) is 5.56 Å². The van der Waals surface area contributed by atoms with Crippen molar-refractivity contribution in [2.24, 2.45) is 0 Å². The summed E-state index contributed by atoms with van der Waals surface area (Å²) < 4.78 is 0. The Hall–Kier alpha value is -1.81. The number of rotatable bonds is 3. The molecule has 0 aromatic heterocycles. The lowest BCUT2D eigenvalue weighted by Gasteiger charge is -2.34. The zero-order valence-electron chi connectivity index (χ0n) is 12.5. The fourth-order valence-electron chi connectivity index (χ4n) is 3.20. The van der Waals surface area contributed by atoms with Crippen molar-refractivity contribution in [3.8, 4) is 0 Å². The van der Waals surface area contributed by atoms with Gasteiger partial charge >= 0.3 is 0 Å². The van der Waals surface area contributed by atoms with Crippen LogP contribution in [0.25, 0.3) is 0 Å². The number of anilines is 1. The fourth-order valence-corrected chi connectivity index (χ4v) is 3.20. The van der Waals surface area contributed by atoms with Crippen molar-refractivity contribution in [3.63, 3.8) is 0 Å². The summed E-state index contributed by atoms with van der Waals surface area (Å²) >= 11 is 0. The predicted molar refractivity (Wildman–Crippen MR) is 85.8 cm³/mol. The summed E-state index contributed by atoms with van der Waals surface area (Å²) in [5.41, 5.74) is 3.22. The molecule has 0 spiro atoms. The first-order valence-electron chi connectivity index (χ1n) is 7.78. The zero-order valence-corrected chi connectivity index (χ0v) is 12.5. The Morgan fingerprint density at radius 3 is 2.86 bits per heavy atom. The van der Waals surface area contributed by atoms with Gasteiger partial charge in [0, 0.05) is 50.5 Å². The number of carbonyl (C=O) groups excluding carboxylic acids is 1. The quantitative estimate of drug-likeness (QED) is 0.863. The van der Waals surface area contributed by atoms with Crippen LogP contribution in [0.1, 0.15) is 22.3 Å². The second kappa shape index (κ2) is 6.31. The minimum absolute atomic E-state index is 0.189. The van der Waals surface area contributed by atoms with Gasteiger partial charge in [-0.15, -0.1) is 6.58 Å². The highest BCUT2D eigenvalue weighted by Gasteiger charge is 2.24. The van der Waals surface area contributed by atoms with Crippen molar-refractivity contribution in [2.45, 2.75) is 12.8 Å². The summed E-state index contributed by atoms with van der Waals surface area (Å²) in [6, 6.07) is 6.04. The summed E-state index contributed by atoms with van der Waals surface area (Å²) in [4.78, 5) is 17.1. The van der Waals surface area contributed by atoms with E-state index in [1.807, 2.05) is 23.1 Å². The van der Waals surface area contributed by atoms with Gasteiger partial charge in [-0.2, -0.15) is 0 Å². The van der Waals surface area contributed by atoms with Crippen molar-refractivity contribution in [1.29, 1.82) is 0 Å². The first-order valence-corrected chi connectivity index (χ1v) is 7.78. The molecule has 1 N–H and O–H groups in total. The topological polar surface area (TPSA) is 35.6 Å². The smallest absolute Gasteiger partial charge is 0.254 e. The van der Waals surface area contributed by atoms with Crippen LogP contribution < -0.4 is 5.32 Å². The highest BCUT2D eigenvalue weighted by atomic mass is 16.2. The summed E-state index contributed by atoms with van der Waals surface area (Å²) in [7, 11) is 0. The van der Waals surface area contributed by atoms with E-state index in [2.05, 4.69) is 22.9 Å². The molecule has 1 aromatic carbocycles. The number of amides is 1. The van der Waals surface area contributed by atoms with E-state index < -0.39 is 0 Å².